The van der Waals surface area contributed by atoms with E-state index in [0.717, 1.165) is 39.0 Å². The maximum absolute atomic E-state index is 9.64. The Morgan fingerprint density at radius 3 is 2.00 bits per heavy atom. The van der Waals surface area contributed by atoms with Crippen molar-refractivity contribution in [2.24, 2.45) is 5.73 Å². The SMILES string of the molecule is CCC(N)N1CCN(C(O)CC)CC1. The van der Waals surface area contributed by atoms with Crippen molar-refractivity contribution < 1.29 is 5.11 Å². The van der Waals surface area contributed by atoms with Gasteiger partial charge in [0.1, 0.15) is 6.23 Å². The minimum absolute atomic E-state index is 0.191. The van der Waals surface area contributed by atoms with Crippen LogP contribution in [0.3, 0.4) is 0 Å². The van der Waals surface area contributed by atoms with Crippen molar-refractivity contribution in [2.75, 3.05) is 26.2 Å². The summed E-state index contributed by atoms with van der Waals surface area (Å²) < 4.78 is 0. The van der Waals surface area contributed by atoms with Gasteiger partial charge in [-0.3, -0.25) is 9.80 Å². The molecule has 1 saturated heterocycles. The molecule has 1 aliphatic heterocycles. The van der Waals surface area contributed by atoms with Crippen LogP contribution in [0.15, 0.2) is 0 Å². The fourth-order valence-corrected chi connectivity index (χ4v) is 1.88. The van der Waals surface area contributed by atoms with Crippen molar-refractivity contribution in [2.45, 2.75) is 39.1 Å². The summed E-state index contributed by atoms with van der Waals surface area (Å²) in [5.74, 6) is 0. The van der Waals surface area contributed by atoms with Crippen molar-refractivity contribution in [1.82, 2.24) is 9.80 Å². The Hall–Kier alpha value is -0.160. The lowest BCUT2D eigenvalue weighted by Crippen LogP contribution is -2.55. The number of nitrogens with two attached hydrogens (primary N) is 1. The first kappa shape index (κ1) is 11.9. The summed E-state index contributed by atoms with van der Waals surface area (Å²) in [7, 11) is 0. The van der Waals surface area contributed by atoms with E-state index in [0.29, 0.717) is 0 Å². The molecule has 0 aromatic rings. The van der Waals surface area contributed by atoms with E-state index >= 15 is 0 Å². The summed E-state index contributed by atoms with van der Waals surface area (Å²) in [5.41, 5.74) is 5.95. The summed E-state index contributed by atoms with van der Waals surface area (Å²) in [5, 5.41) is 9.64. The van der Waals surface area contributed by atoms with E-state index in [-0.39, 0.29) is 12.4 Å². The molecule has 0 saturated carbocycles. The fourth-order valence-electron chi connectivity index (χ4n) is 1.88. The van der Waals surface area contributed by atoms with Gasteiger partial charge >= 0.3 is 0 Å². The quantitative estimate of drug-likeness (QED) is 0.673. The summed E-state index contributed by atoms with van der Waals surface area (Å²) in [6, 6.07) is 0. The van der Waals surface area contributed by atoms with Gasteiger partial charge in [-0.2, -0.15) is 0 Å². The Morgan fingerprint density at radius 2 is 1.57 bits per heavy atom. The van der Waals surface area contributed by atoms with E-state index in [9.17, 15) is 5.11 Å². The highest BCUT2D eigenvalue weighted by molar-refractivity contribution is 4.75. The Kier molecular flexibility index (Phi) is 4.81. The summed E-state index contributed by atoms with van der Waals surface area (Å²) in [6.45, 7) is 7.94. The number of nitrogens with zero attached hydrogens (tertiary/aromatic N) is 2. The van der Waals surface area contributed by atoms with Crippen LogP contribution in [0.1, 0.15) is 26.7 Å². The largest absolute Gasteiger partial charge is 0.378 e. The molecule has 0 radical (unpaired) electrons. The zero-order chi connectivity index (χ0) is 10.6. The molecule has 0 spiro atoms. The van der Waals surface area contributed by atoms with Crippen LogP contribution in [0.25, 0.3) is 0 Å². The van der Waals surface area contributed by atoms with E-state index in [1.54, 1.807) is 0 Å². The lowest BCUT2D eigenvalue weighted by atomic mass is 10.2. The van der Waals surface area contributed by atoms with Crippen molar-refractivity contribution in [3.05, 3.63) is 0 Å². The van der Waals surface area contributed by atoms with Crippen LogP contribution in [0.2, 0.25) is 0 Å². The van der Waals surface area contributed by atoms with Crippen LogP contribution in [0.4, 0.5) is 0 Å². The fraction of sp³-hybridized carbons (Fsp3) is 1.00. The molecular formula is C10H23N3O. The van der Waals surface area contributed by atoms with Gasteiger partial charge in [0.2, 0.25) is 0 Å². The standard InChI is InChI=1S/C10H23N3O/c1-3-9(11)12-5-7-13(8-6-12)10(14)4-2/h9-10,14H,3-8,11H2,1-2H3. The van der Waals surface area contributed by atoms with Crippen LogP contribution in [0.5, 0.6) is 0 Å². The smallest absolute Gasteiger partial charge is 0.107 e. The van der Waals surface area contributed by atoms with Gasteiger partial charge < -0.3 is 10.8 Å². The highest BCUT2D eigenvalue weighted by atomic mass is 16.3. The van der Waals surface area contributed by atoms with Crippen molar-refractivity contribution in [3.8, 4) is 0 Å². The normalized spacial score (nSPS) is 24.9. The third-order valence-electron chi connectivity index (χ3n) is 3.02. The highest BCUT2D eigenvalue weighted by Crippen LogP contribution is 2.09. The van der Waals surface area contributed by atoms with E-state index in [1.807, 2.05) is 6.92 Å². The Balaban J connectivity index is 2.31. The maximum atomic E-state index is 9.64. The minimum Gasteiger partial charge on any atom is -0.378 e. The molecule has 4 nitrogen and oxygen atoms in total. The van der Waals surface area contributed by atoms with Gasteiger partial charge in [-0.25, -0.2) is 0 Å². The molecule has 1 fully saturated rings. The molecule has 1 rings (SSSR count). The van der Waals surface area contributed by atoms with Crippen molar-refractivity contribution in [3.63, 3.8) is 0 Å². The van der Waals surface area contributed by atoms with Gasteiger partial charge in [0.15, 0.2) is 0 Å². The van der Waals surface area contributed by atoms with Gasteiger partial charge in [-0.05, 0) is 12.8 Å². The van der Waals surface area contributed by atoms with Crippen LogP contribution < -0.4 is 5.73 Å². The molecule has 4 heteroatoms. The summed E-state index contributed by atoms with van der Waals surface area (Å²) in [6.07, 6.45) is 1.72. The predicted molar refractivity (Wildman–Crippen MR) is 57.7 cm³/mol. The topological polar surface area (TPSA) is 52.7 Å². The molecule has 0 bridgehead atoms. The lowest BCUT2D eigenvalue weighted by Gasteiger charge is -2.39. The average Bonchev–Trinajstić information content (AvgIpc) is 2.27. The second-order valence-electron chi connectivity index (χ2n) is 3.94. The predicted octanol–water partition coefficient (Wildman–Crippen LogP) is 0.0272. The molecule has 1 aliphatic rings. The Bertz CT molecular complexity index is 139. The van der Waals surface area contributed by atoms with Gasteiger partial charge in [-0.1, -0.05) is 13.8 Å². The number of aliphatic hydroxyl groups is 1. The van der Waals surface area contributed by atoms with Gasteiger partial charge in [0.25, 0.3) is 0 Å². The van der Waals surface area contributed by atoms with E-state index in [2.05, 4.69) is 16.7 Å². The van der Waals surface area contributed by atoms with Gasteiger partial charge in [0.05, 0.1) is 6.17 Å². The van der Waals surface area contributed by atoms with Crippen molar-refractivity contribution in [1.29, 1.82) is 0 Å². The monoisotopic (exact) mass is 201 g/mol. The second-order valence-corrected chi connectivity index (χ2v) is 3.94. The maximum Gasteiger partial charge on any atom is 0.107 e. The minimum atomic E-state index is -0.269. The molecule has 0 aromatic heterocycles. The molecule has 2 unspecified atom stereocenters. The third-order valence-corrected chi connectivity index (χ3v) is 3.02. The third kappa shape index (κ3) is 2.92. The Labute approximate surface area is 86.7 Å². The Morgan fingerprint density at radius 1 is 1.07 bits per heavy atom. The molecule has 0 aliphatic carbocycles. The van der Waals surface area contributed by atoms with Crippen LogP contribution in [-0.2, 0) is 0 Å². The van der Waals surface area contributed by atoms with Crippen molar-refractivity contribution >= 4 is 0 Å². The number of aliphatic hydroxyl groups excluding tert-OH is 1. The number of hydrogen-bond donors (Lipinski definition) is 2. The van der Waals surface area contributed by atoms with Gasteiger partial charge in [-0.15, -0.1) is 0 Å². The molecule has 84 valence electrons. The first-order valence-electron chi connectivity index (χ1n) is 5.60. The summed E-state index contributed by atoms with van der Waals surface area (Å²) in [4.78, 5) is 4.41. The molecular weight excluding hydrogens is 178 g/mol. The van der Waals surface area contributed by atoms with Crippen LogP contribution >= 0.6 is 0 Å². The molecule has 1 heterocycles. The van der Waals surface area contributed by atoms with Crippen LogP contribution in [-0.4, -0.2) is 53.5 Å². The zero-order valence-electron chi connectivity index (χ0n) is 9.32. The molecule has 0 aromatic carbocycles. The highest BCUT2D eigenvalue weighted by Gasteiger charge is 2.23. The molecule has 2 atom stereocenters. The van der Waals surface area contributed by atoms with E-state index < -0.39 is 0 Å². The second kappa shape index (κ2) is 5.66. The summed E-state index contributed by atoms with van der Waals surface area (Å²) >= 11 is 0. The van der Waals surface area contributed by atoms with E-state index in [4.69, 9.17) is 5.73 Å². The molecule has 3 N–H and O–H groups in total. The average molecular weight is 201 g/mol. The first-order chi connectivity index (χ1) is 6.69. The van der Waals surface area contributed by atoms with Gasteiger partial charge in [0, 0.05) is 26.2 Å². The lowest BCUT2D eigenvalue weighted by molar-refractivity contribution is -0.0338. The van der Waals surface area contributed by atoms with Crippen LogP contribution in [0, 0.1) is 0 Å². The number of hydrogen-bond acceptors (Lipinski definition) is 4. The number of piperazine rings is 1. The van der Waals surface area contributed by atoms with E-state index in [1.165, 1.54) is 0 Å². The first-order valence-corrected chi connectivity index (χ1v) is 5.60. The molecule has 14 heavy (non-hydrogen) atoms. The zero-order valence-corrected chi connectivity index (χ0v) is 9.32. The number of rotatable bonds is 4. The molecule has 0 amide bonds.